The summed E-state index contributed by atoms with van der Waals surface area (Å²) >= 11 is 0. The van der Waals surface area contributed by atoms with Crippen molar-refractivity contribution in [3.05, 3.63) is 24.0 Å². The van der Waals surface area contributed by atoms with E-state index in [4.69, 9.17) is 16.6 Å². The van der Waals surface area contributed by atoms with Crippen molar-refractivity contribution in [2.75, 3.05) is 11.9 Å². The quantitative estimate of drug-likeness (QED) is 0.480. The van der Waals surface area contributed by atoms with Gasteiger partial charge >= 0.3 is 0 Å². The molecule has 7 nitrogen and oxygen atoms in total. The fourth-order valence-corrected chi connectivity index (χ4v) is 0.990. The number of hydrogen-bond acceptors (Lipinski definition) is 5. The Morgan fingerprint density at radius 3 is 2.75 bits per heavy atom. The molecule has 0 saturated carbocycles. The highest BCUT2D eigenvalue weighted by Crippen LogP contribution is 2.07. The third-order valence-corrected chi connectivity index (χ3v) is 1.84. The molecule has 1 aromatic rings. The Labute approximate surface area is 91.5 Å². The van der Waals surface area contributed by atoms with E-state index in [-0.39, 0.29) is 12.2 Å². The van der Waals surface area contributed by atoms with Crippen LogP contribution in [0.1, 0.15) is 10.5 Å². The van der Waals surface area contributed by atoms with Crippen molar-refractivity contribution in [3.63, 3.8) is 0 Å². The molecule has 0 fully saturated rings. The van der Waals surface area contributed by atoms with Gasteiger partial charge in [0.15, 0.2) is 0 Å². The summed E-state index contributed by atoms with van der Waals surface area (Å²) in [6.07, 6.45) is 0.101. The number of pyridine rings is 1. The van der Waals surface area contributed by atoms with Gasteiger partial charge in [0.2, 0.25) is 5.91 Å². The average molecular weight is 224 g/mol. The SMILES string of the molecule is NC(=O)c1cc(NCC(O)C(N)=O)ccn1. The normalized spacial score (nSPS) is 11.8. The standard InChI is InChI=1S/C9H12N4O3/c10-8(15)6-3-5(1-2-12-6)13-4-7(14)9(11)16/h1-3,7,14H,4H2,(H2,10,15)(H2,11,16)(H,12,13). The van der Waals surface area contributed by atoms with Crippen LogP contribution in [0.15, 0.2) is 18.3 Å². The number of aliphatic hydroxyl groups excluding tert-OH is 1. The van der Waals surface area contributed by atoms with Gasteiger partial charge in [0.1, 0.15) is 11.8 Å². The fraction of sp³-hybridized carbons (Fsp3) is 0.222. The second-order valence-electron chi connectivity index (χ2n) is 3.09. The molecule has 0 radical (unpaired) electrons. The lowest BCUT2D eigenvalue weighted by molar-refractivity contribution is -0.125. The van der Waals surface area contributed by atoms with Crippen LogP contribution in [-0.4, -0.2) is 34.6 Å². The number of carbonyl (C=O) groups excluding carboxylic acids is 2. The van der Waals surface area contributed by atoms with E-state index in [1.54, 1.807) is 6.07 Å². The topological polar surface area (TPSA) is 131 Å². The fourth-order valence-electron chi connectivity index (χ4n) is 0.990. The summed E-state index contributed by atoms with van der Waals surface area (Å²) in [7, 11) is 0. The van der Waals surface area contributed by atoms with Gasteiger partial charge in [0, 0.05) is 18.4 Å². The van der Waals surface area contributed by atoms with Crippen LogP contribution in [0.3, 0.4) is 0 Å². The van der Waals surface area contributed by atoms with E-state index in [9.17, 15) is 9.59 Å². The summed E-state index contributed by atoms with van der Waals surface area (Å²) < 4.78 is 0. The number of nitrogens with two attached hydrogens (primary N) is 2. The van der Waals surface area contributed by atoms with Crippen LogP contribution in [0.4, 0.5) is 5.69 Å². The molecule has 0 aromatic carbocycles. The summed E-state index contributed by atoms with van der Waals surface area (Å²) in [6.45, 7) is -0.0441. The van der Waals surface area contributed by atoms with Crippen LogP contribution >= 0.6 is 0 Å². The lowest BCUT2D eigenvalue weighted by atomic mass is 10.3. The maximum absolute atomic E-state index is 10.8. The van der Waals surface area contributed by atoms with Crippen LogP contribution in [0, 0.1) is 0 Å². The minimum Gasteiger partial charge on any atom is -0.382 e. The zero-order valence-electron chi connectivity index (χ0n) is 8.38. The van der Waals surface area contributed by atoms with Gasteiger partial charge in [-0.2, -0.15) is 0 Å². The number of nitrogens with zero attached hydrogens (tertiary/aromatic N) is 1. The largest absolute Gasteiger partial charge is 0.382 e. The molecule has 1 unspecified atom stereocenters. The Morgan fingerprint density at radius 2 is 2.19 bits per heavy atom. The van der Waals surface area contributed by atoms with Crippen molar-refractivity contribution < 1.29 is 14.7 Å². The molecule has 0 aliphatic carbocycles. The number of hydrogen-bond donors (Lipinski definition) is 4. The summed E-state index contributed by atoms with van der Waals surface area (Å²) in [5, 5.41) is 11.8. The average Bonchev–Trinajstić information content (AvgIpc) is 2.26. The number of nitrogens with one attached hydrogen (secondary N) is 1. The molecule has 16 heavy (non-hydrogen) atoms. The molecule has 0 bridgehead atoms. The van der Waals surface area contributed by atoms with Crippen LogP contribution in [0.25, 0.3) is 0 Å². The molecule has 0 aliphatic heterocycles. The van der Waals surface area contributed by atoms with Gasteiger partial charge in [-0.15, -0.1) is 0 Å². The third-order valence-electron chi connectivity index (χ3n) is 1.84. The van der Waals surface area contributed by atoms with Crippen molar-refractivity contribution in [1.82, 2.24) is 4.98 Å². The van der Waals surface area contributed by atoms with Crippen molar-refractivity contribution in [1.29, 1.82) is 0 Å². The van der Waals surface area contributed by atoms with Gasteiger partial charge < -0.3 is 21.9 Å². The number of primary amides is 2. The maximum atomic E-state index is 10.8. The first kappa shape index (κ1) is 11.9. The second kappa shape index (κ2) is 5.08. The molecule has 1 heterocycles. The van der Waals surface area contributed by atoms with Crippen molar-refractivity contribution in [2.24, 2.45) is 11.5 Å². The van der Waals surface area contributed by atoms with E-state index in [0.717, 1.165) is 0 Å². The number of amides is 2. The minimum absolute atomic E-state index is 0.0441. The third kappa shape index (κ3) is 3.21. The highest BCUT2D eigenvalue weighted by molar-refractivity contribution is 5.91. The van der Waals surface area contributed by atoms with Crippen molar-refractivity contribution >= 4 is 17.5 Å². The molecule has 0 aliphatic rings. The summed E-state index contributed by atoms with van der Waals surface area (Å²) in [4.78, 5) is 25.1. The summed E-state index contributed by atoms with van der Waals surface area (Å²) in [5.74, 6) is -1.48. The molecular weight excluding hydrogens is 212 g/mol. The Kier molecular flexibility index (Phi) is 3.78. The van der Waals surface area contributed by atoms with Gasteiger partial charge in [0.05, 0.1) is 0 Å². The first-order chi connectivity index (χ1) is 7.50. The van der Waals surface area contributed by atoms with Gasteiger partial charge in [-0.25, -0.2) is 0 Å². The first-order valence-electron chi connectivity index (χ1n) is 4.48. The Hall–Kier alpha value is -2.15. The number of rotatable bonds is 5. The van der Waals surface area contributed by atoms with Crippen LogP contribution in [0.5, 0.6) is 0 Å². The Morgan fingerprint density at radius 1 is 1.50 bits per heavy atom. The van der Waals surface area contributed by atoms with Crippen LogP contribution < -0.4 is 16.8 Å². The zero-order chi connectivity index (χ0) is 12.1. The van der Waals surface area contributed by atoms with E-state index in [1.165, 1.54) is 12.3 Å². The Bertz CT molecular complexity index is 407. The Balaban J connectivity index is 2.64. The van der Waals surface area contributed by atoms with Gasteiger partial charge in [-0.05, 0) is 12.1 Å². The molecule has 86 valence electrons. The van der Waals surface area contributed by atoms with Gasteiger partial charge in [0.25, 0.3) is 5.91 Å². The monoisotopic (exact) mass is 224 g/mol. The number of aliphatic hydroxyl groups is 1. The molecule has 2 amide bonds. The van der Waals surface area contributed by atoms with E-state index >= 15 is 0 Å². The van der Waals surface area contributed by atoms with Gasteiger partial charge in [-0.3, -0.25) is 14.6 Å². The molecule has 0 saturated heterocycles. The number of aromatic nitrogens is 1. The maximum Gasteiger partial charge on any atom is 0.267 e. The smallest absolute Gasteiger partial charge is 0.267 e. The predicted molar refractivity (Wildman–Crippen MR) is 56.4 cm³/mol. The molecule has 0 spiro atoms. The van der Waals surface area contributed by atoms with Crippen molar-refractivity contribution in [2.45, 2.75) is 6.10 Å². The van der Waals surface area contributed by atoms with Gasteiger partial charge in [-0.1, -0.05) is 0 Å². The molecule has 7 heteroatoms. The second-order valence-corrected chi connectivity index (χ2v) is 3.09. The van der Waals surface area contributed by atoms with Crippen LogP contribution in [0.2, 0.25) is 0 Å². The highest BCUT2D eigenvalue weighted by Gasteiger charge is 2.10. The zero-order valence-corrected chi connectivity index (χ0v) is 8.38. The molecule has 1 aromatic heterocycles. The van der Waals surface area contributed by atoms with E-state index < -0.39 is 17.9 Å². The van der Waals surface area contributed by atoms with E-state index in [1.807, 2.05) is 0 Å². The predicted octanol–water partition coefficient (Wildman–Crippen LogP) is -1.56. The number of carbonyl (C=O) groups is 2. The summed E-state index contributed by atoms with van der Waals surface area (Å²) in [6, 6.07) is 2.98. The number of anilines is 1. The molecule has 1 rings (SSSR count). The highest BCUT2D eigenvalue weighted by atomic mass is 16.3. The van der Waals surface area contributed by atoms with E-state index in [2.05, 4.69) is 10.3 Å². The lowest BCUT2D eigenvalue weighted by Crippen LogP contribution is -2.34. The molecule has 6 N–H and O–H groups in total. The first-order valence-corrected chi connectivity index (χ1v) is 4.48. The minimum atomic E-state index is -1.29. The van der Waals surface area contributed by atoms with Crippen LogP contribution in [-0.2, 0) is 4.79 Å². The summed E-state index contributed by atoms with van der Waals surface area (Å²) in [5.41, 5.74) is 10.5. The lowest BCUT2D eigenvalue weighted by Gasteiger charge is -2.09. The van der Waals surface area contributed by atoms with E-state index in [0.29, 0.717) is 5.69 Å². The molecule has 1 atom stereocenters. The molecular formula is C9H12N4O3. The van der Waals surface area contributed by atoms with Crippen molar-refractivity contribution in [3.8, 4) is 0 Å².